The number of allylic oxidation sites excluding steroid dienone is 3. The average molecular weight is 429 g/mol. The van der Waals surface area contributed by atoms with E-state index < -0.39 is 5.63 Å². The molecule has 1 aromatic carbocycles. The predicted molar refractivity (Wildman–Crippen MR) is 127 cm³/mol. The van der Waals surface area contributed by atoms with Crippen molar-refractivity contribution in [3.05, 3.63) is 51.9 Å². The Kier molecular flexibility index (Phi) is 8.37. The Balaban J connectivity index is 2.36. The van der Waals surface area contributed by atoms with Crippen molar-refractivity contribution in [2.24, 2.45) is 0 Å². The van der Waals surface area contributed by atoms with Crippen molar-refractivity contribution < 1.29 is 18.6 Å². The molecule has 2 rings (SSSR count). The van der Waals surface area contributed by atoms with E-state index in [1.807, 2.05) is 52.8 Å². The molecule has 0 spiro atoms. The smallest absolute Gasteiger partial charge is 0.383 e. The Morgan fingerprint density at radius 1 is 1.10 bits per heavy atom. The van der Waals surface area contributed by atoms with Gasteiger partial charge in [0.15, 0.2) is 5.75 Å². The lowest BCUT2D eigenvalue weighted by Crippen LogP contribution is -2.22. The largest absolute Gasteiger partial charge is 0.488 e. The third kappa shape index (κ3) is 7.82. The van der Waals surface area contributed by atoms with Crippen molar-refractivity contribution >= 4 is 11.0 Å². The third-order valence-corrected chi connectivity index (χ3v) is 4.32. The Morgan fingerprint density at radius 2 is 1.81 bits per heavy atom. The second-order valence-electron chi connectivity index (χ2n) is 9.27. The van der Waals surface area contributed by atoms with Gasteiger partial charge in [-0.2, -0.15) is 0 Å². The molecule has 0 unspecified atom stereocenters. The van der Waals surface area contributed by atoms with Gasteiger partial charge in [-0.25, -0.2) is 4.79 Å². The van der Waals surface area contributed by atoms with Crippen LogP contribution in [0.15, 0.2) is 50.7 Å². The normalized spacial score (nSPS) is 12.2. The van der Waals surface area contributed by atoms with Crippen LogP contribution in [0.2, 0.25) is 0 Å². The van der Waals surface area contributed by atoms with Crippen LogP contribution in [-0.2, 0) is 0 Å². The predicted octanol–water partition coefficient (Wildman–Crippen LogP) is 6.83. The maximum Gasteiger partial charge on any atom is 0.383 e. The summed E-state index contributed by atoms with van der Waals surface area (Å²) in [5.74, 6) is 1.12. The molecule has 0 aliphatic rings. The molecule has 2 aromatic rings. The van der Waals surface area contributed by atoms with Crippen LogP contribution in [0.4, 0.5) is 0 Å². The fourth-order valence-corrected chi connectivity index (χ4v) is 2.99. The highest BCUT2D eigenvalue weighted by Crippen LogP contribution is 2.35. The van der Waals surface area contributed by atoms with E-state index in [0.29, 0.717) is 29.1 Å². The molecule has 0 amide bonds. The summed E-state index contributed by atoms with van der Waals surface area (Å²) in [5, 5.41) is 0.673. The Labute approximate surface area is 185 Å². The number of ether oxygens (including phenoxy) is 3. The number of benzene rings is 1. The summed E-state index contributed by atoms with van der Waals surface area (Å²) in [5.41, 5.74) is 2.03. The van der Waals surface area contributed by atoms with Crippen molar-refractivity contribution in [1.82, 2.24) is 0 Å². The van der Waals surface area contributed by atoms with E-state index in [-0.39, 0.29) is 17.5 Å². The van der Waals surface area contributed by atoms with Crippen LogP contribution in [0.3, 0.4) is 0 Å². The second-order valence-corrected chi connectivity index (χ2v) is 9.27. The molecular weight excluding hydrogens is 392 g/mol. The van der Waals surface area contributed by atoms with Crippen molar-refractivity contribution in [3.8, 4) is 17.2 Å². The van der Waals surface area contributed by atoms with Crippen molar-refractivity contribution in [3.63, 3.8) is 0 Å². The first-order chi connectivity index (χ1) is 14.5. The molecule has 0 aliphatic heterocycles. The van der Waals surface area contributed by atoms with Gasteiger partial charge in [-0.1, -0.05) is 17.2 Å². The molecule has 0 saturated heterocycles. The van der Waals surface area contributed by atoms with Gasteiger partial charge in [0.25, 0.3) is 0 Å². The Morgan fingerprint density at radius 3 is 2.42 bits per heavy atom. The van der Waals surface area contributed by atoms with Gasteiger partial charge in [0.05, 0.1) is 11.5 Å². The molecule has 0 saturated carbocycles. The number of hydrogen-bond donors (Lipinski definition) is 0. The summed E-state index contributed by atoms with van der Waals surface area (Å²) in [6.45, 7) is 16.2. The maximum absolute atomic E-state index is 12.7. The van der Waals surface area contributed by atoms with Gasteiger partial charge in [0.2, 0.25) is 5.75 Å². The van der Waals surface area contributed by atoms with Crippen LogP contribution < -0.4 is 19.8 Å². The van der Waals surface area contributed by atoms with Crippen LogP contribution in [-0.4, -0.2) is 18.3 Å². The molecule has 0 bridgehead atoms. The zero-order valence-corrected chi connectivity index (χ0v) is 20.1. The molecule has 1 aromatic heterocycles. The second kappa shape index (κ2) is 10.6. The molecule has 0 atom stereocenters. The first kappa shape index (κ1) is 24.6. The molecule has 5 heteroatoms. The van der Waals surface area contributed by atoms with E-state index in [1.54, 1.807) is 6.07 Å². The monoisotopic (exact) mass is 428 g/mol. The number of fused-ring (bicyclic) bond motifs is 1. The zero-order chi connectivity index (χ0) is 23.2. The van der Waals surface area contributed by atoms with Crippen LogP contribution in [0, 0.1) is 0 Å². The van der Waals surface area contributed by atoms with E-state index in [1.165, 1.54) is 11.1 Å². The fourth-order valence-electron chi connectivity index (χ4n) is 2.99. The van der Waals surface area contributed by atoms with Crippen LogP contribution in [0.5, 0.6) is 17.2 Å². The van der Waals surface area contributed by atoms with Gasteiger partial charge in [-0.3, -0.25) is 0 Å². The molecule has 0 aliphatic carbocycles. The molecular formula is C26H36O5. The Hall–Kier alpha value is -2.69. The number of hydrogen-bond acceptors (Lipinski definition) is 5. The van der Waals surface area contributed by atoms with E-state index in [0.717, 1.165) is 12.8 Å². The van der Waals surface area contributed by atoms with Crippen LogP contribution in [0.1, 0.15) is 68.2 Å². The topological polar surface area (TPSA) is 57.9 Å². The highest BCUT2D eigenvalue weighted by atomic mass is 16.5. The van der Waals surface area contributed by atoms with Gasteiger partial charge in [0.1, 0.15) is 23.5 Å². The molecule has 0 fully saturated rings. The summed E-state index contributed by atoms with van der Waals surface area (Å²) in [4.78, 5) is 12.7. The van der Waals surface area contributed by atoms with Gasteiger partial charge < -0.3 is 18.6 Å². The quantitative estimate of drug-likeness (QED) is 0.324. The third-order valence-electron chi connectivity index (χ3n) is 4.32. The minimum Gasteiger partial charge on any atom is -0.488 e. The lowest BCUT2D eigenvalue weighted by molar-refractivity contribution is 0.131. The van der Waals surface area contributed by atoms with Gasteiger partial charge in [-0.15, -0.1) is 0 Å². The van der Waals surface area contributed by atoms with Gasteiger partial charge in [-0.05, 0) is 86.4 Å². The van der Waals surface area contributed by atoms with E-state index >= 15 is 0 Å². The minimum atomic E-state index is -0.562. The standard InChI is InChI=1S/C26H36O5/c1-17(2)10-9-11-19(5)14-15-28-23-21-13-12-20(31-26(6,7)8)16-22(21)30-25(27)24(23)29-18(3)4/h10,12-14,16,18H,9,11,15H2,1-8H3. The van der Waals surface area contributed by atoms with Crippen LogP contribution in [0.25, 0.3) is 11.0 Å². The van der Waals surface area contributed by atoms with Crippen molar-refractivity contribution in [1.29, 1.82) is 0 Å². The van der Waals surface area contributed by atoms with Crippen molar-refractivity contribution in [2.45, 2.75) is 79.9 Å². The fraction of sp³-hybridized carbons (Fsp3) is 0.500. The summed E-state index contributed by atoms with van der Waals surface area (Å²) in [6.07, 6.45) is 6.04. The average Bonchev–Trinajstić information content (AvgIpc) is 2.62. The molecule has 31 heavy (non-hydrogen) atoms. The van der Waals surface area contributed by atoms with Crippen LogP contribution >= 0.6 is 0 Å². The number of rotatable bonds is 9. The summed E-state index contributed by atoms with van der Waals surface area (Å²) in [6, 6.07) is 5.40. The Bertz CT molecular complexity index is 999. The zero-order valence-electron chi connectivity index (χ0n) is 20.1. The SMILES string of the molecule is CC(C)=CCCC(C)=CCOc1c(OC(C)C)c(=O)oc2cc(OC(C)(C)C)ccc12. The van der Waals surface area contributed by atoms with Gasteiger partial charge in [0, 0.05) is 6.07 Å². The van der Waals surface area contributed by atoms with E-state index in [9.17, 15) is 4.79 Å². The molecule has 0 N–H and O–H groups in total. The van der Waals surface area contributed by atoms with Crippen molar-refractivity contribution in [2.75, 3.05) is 6.61 Å². The maximum atomic E-state index is 12.7. The molecule has 170 valence electrons. The van der Waals surface area contributed by atoms with E-state index in [2.05, 4.69) is 26.8 Å². The molecule has 0 radical (unpaired) electrons. The van der Waals surface area contributed by atoms with Gasteiger partial charge >= 0.3 is 5.63 Å². The summed E-state index contributed by atoms with van der Waals surface area (Å²) >= 11 is 0. The van der Waals surface area contributed by atoms with E-state index in [4.69, 9.17) is 18.6 Å². The lowest BCUT2D eigenvalue weighted by Gasteiger charge is -2.21. The highest BCUT2D eigenvalue weighted by molar-refractivity contribution is 5.86. The summed E-state index contributed by atoms with van der Waals surface area (Å²) in [7, 11) is 0. The lowest BCUT2D eigenvalue weighted by atomic mass is 10.1. The molecule has 1 heterocycles. The first-order valence-corrected chi connectivity index (χ1v) is 10.8. The highest BCUT2D eigenvalue weighted by Gasteiger charge is 2.20. The first-order valence-electron chi connectivity index (χ1n) is 10.8. The summed E-state index contributed by atoms with van der Waals surface area (Å²) < 4.78 is 23.2. The molecule has 5 nitrogen and oxygen atoms in total. The minimum absolute atomic E-state index is 0.0996.